The first-order valence-electron chi connectivity index (χ1n) is 8.37. The third-order valence-corrected chi connectivity index (χ3v) is 5.91. The van der Waals surface area contributed by atoms with Gasteiger partial charge in [0.2, 0.25) is 0 Å². The van der Waals surface area contributed by atoms with Gasteiger partial charge in [-0.25, -0.2) is 9.37 Å². The van der Waals surface area contributed by atoms with Crippen LogP contribution >= 0.6 is 35.0 Å². The second-order valence-electron chi connectivity index (χ2n) is 6.07. The summed E-state index contributed by atoms with van der Waals surface area (Å²) in [6.45, 7) is 0. The van der Waals surface area contributed by atoms with Gasteiger partial charge >= 0.3 is 0 Å². The highest BCUT2D eigenvalue weighted by Crippen LogP contribution is 2.28. The molecule has 0 aliphatic heterocycles. The lowest BCUT2D eigenvalue weighted by atomic mass is 10.2. The molecule has 0 unspecified atom stereocenters. The topological polar surface area (TPSA) is 34.9 Å². The van der Waals surface area contributed by atoms with Crippen molar-refractivity contribution in [2.24, 2.45) is 0 Å². The van der Waals surface area contributed by atoms with Crippen LogP contribution in [0.2, 0.25) is 10.0 Å². The molecule has 0 saturated heterocycles. The van der Waals surface area contributed by atoms with E-state index in [9.17, 15) is 9.18 Å². The average Bonchev–Trinajstić information content (AvgIpc) is 2.69. The Bertz CT molecular complexity index is 1240. The summed E-state index contributed by atoms with van der Waals surface area (Å²) in [5.41, 5.74) is 1.72. The Balaban J connectivity index is 1.82. The number of aromatic nitrogens is 2. The Morgan fingerprint density at radius 1 is 0.964 bits per heavy atom. The van der Waals surface area contributed by atoms with Gasteiger partial charge in [-0.2, -0.15) is 0 Å². The van der Waals surface area contributed by atoms with Gasteiger partial charge in [-0.1, -0.05) is 59.2 Å². The van der Waals surface area contributed by atoms with E-state index in [0.29, 0.717) is 37.5 Å². The predicted octanol–water partition coefficient (Wildman–Crippen LogP) is 6.12. The van der Waals surface area contributed by atoms with E-state index in [-0.39, 0.29) is 5.56 Å². The summed E-state index contributed by atoms with van der Waals surface area (Å²) in [5.74, 6) is 0.106. The molecule has 4 rings (SSSR count). The molecule has 28 heavy (non-hydrogen) atoms. The van der Waals surface area contributed by atoms with Crippen molar-refractivity contribution in [2.45, 2.75) is 10.9 Å². The zero-order valence-electron chi connectivity index (χ0n) is 14.4. The Kier molecular flexibility index (Phi) is 5.40. The molecule has 0 saturated carbocycles. The summed E-state index contributed by atoms with van der Waals surface area (Å²) in [6, 6.07) is 18.4. The van der Waals surface area contributed by atoms with Crippen molar-refractivity contribution in [1.29, 1.82) is 0 Å². The maximum absolute atomic E-state index is 13.8. The van der Waals surface area contributed by atoms with E-state index in [4.69, 9.17) is 23.2 Å². The molecule has 1 heterocycles. The number of benzene rings is 3. The third-order valence-electron chi connectivity index (χ3n) is 4.16. The van der Waals surface area contributed by atoms with Gasteiger partial charge < -0.3 is 0 Å². The van der Waals surface area contributed by atoms with Gasteiger partial charge in [0, 0.05) is 5.75 Å². The van der Waals surface area contributed by atoms with E-state index in [1.54, 1.807) is 42.5 Å². The molecule has 0 N–H and O–H groups in total. The van der Waals surface area contributed by atoms with Crippen LogP contribution in [0.4, 0.5) is 4.39 Å². The monoisotopic (exact) mass is 430 g/mol. The highest BCUT2D eigenvalue weighted by Gasteiger charge is 2.14. The second-order valence-corrected chi connectivity index (χ2v) is 7.83. The SMILES string of the molecule is O=c1c2ccccc2nc(SCc2ccc(Cl)c(Cl)c2)n1-c1cccc(F)c1. The number of halogens is 3. The van der Waals surface area contributed by atoms with E-state index >= 15 is 0 Å². The van der Waals surface area contributed by atoms with Crippen LogP contribution in [0.5, 0.6) is 0 Å². The zero-order valence-corrected chi connectivity index (χ0v) is 16.7. The van der Waals surface area contributed by atoms with Crippen molar-refractivity contribution >= 4 is 45.9 Å². The first kappa shape index (κ1) is 19.0. The Morgan fingerprint density at radius 2 is 1.79 bits per heavy atom. The second kappa shape index (κ2) is 7.95. The smallest absolute Gasteiger partial charge is 0.266 e. The zero-order chi connectivity index (χ0) is 19.7. The molecular formula is C21H13Cl2FN2OS. The van der Waals surface area contributed by atoms with Crippen molar-refractivity contribution in [3.05, 3.63) is 98.5 Å². The number of rotatable bonds is 4. The lowest BCUT2D eigenvalue weighted by Gasteiger charge is -2.13. The number of para-hydroxylation sites is 1. The molecular weight excluding hydrogens is 418 g/mol. The van der Waals surface area contributed by atoms with Gasteiger partial charge in [0.25, 0.3) is 5.56 Å². The maximum atomic E-state index is 13.8. The molecule has 0 atom stereocenters. The van der Waals surface area contributed by atoms with Crippen LogP contribution < -0.4 is 5.56 Å². The molecule has 0 aliphatic carbocycles. The number of hydrogen-bond donors (Lipinski definition) is 0. The van der Waals surface area contributed by atoms with Crippen molar-refractivity contribution in [1.82, 2.24) is 9.55 Å². The summed E-state index contributed by atoms with van der Waals surface area (Å²) in [5, 5.41) is 1.90. The first-order chi connectivity index (χ1) is 13.5. The van der Waals surface area contributed by atoms with Crippen LogP contribution in [-0.2, 0) is 5.75 Å². The Morgan fingerprint density at radius 3 is 2.57 bits per heavy atom. The van der Waals surface area contributed by atoms with Crippen LogP contribution in [0.25, 0.3) is 16.6 Å². The van der Waals surface area contributed by atoms with Crippen molar-refractivity contribution in [2.75, 3.05) is 0 Å². The van der Waals surface area contributed by atoms with Crippen molar-refractivity contribution in [3.63, 3.8) is 0 Å². The molecule has 0 radical (unpaired) electrons. The molecule has 3 nitrogen and oxygen atoms in total. The molecule has 1 aromatic heterocycles. The van der Waals surface area contributed by atoms with E-state index in [2.05, 4.69) is 4.98 Å². The average molecular weight is 431 g/mol. The third kappa shape index (κ3) is 3.78. The number of hydrogen-bond acceptors (Lipinski definition) is 3. The normalized spacial score (nSPS) is 11.1. The molecule has 140 valence electrons. The fourth-order valence-electron chi connectivity index (χ4n) is 2.83. The molecule has 0 aliphatic rings. The Hall–Kier alpha value is -2.34. The van der Waals surface area contributed by atoms with Crippen LogP contribution in [0, 0.1) is 5.82 Å². The van der Waals surface area contributed by atoms with Crippen LogP contribution in [0.1, 0.15) is 5.56 Å². The predicted molar refractivity (Wildman–Crippen MR) is 113 cm³/mol. The molecule has 0 fully saturated rings. The van der Waals surface area contributed by atoms with E-state index < -0.39 is 5.82 Å². The van der Waals surface area contributed by atoms with E-state index in [1.807, 2.05) is 12.1 Å². The molecule has 0 spiro atoms. The number of nitrogens with zero attached hydrogens (tertiary/aromatic N) is 2. The van der Waals surface area contributed by atoms with Gasteiger partial charge in [0.1, 0.15) is 5.82 Å². The summed E-state index contributed by atoms with van der Waals surface area (Å²) >= 11 is 13.4. The summed E-state index contributed by atoms with van der Waals surface area (Å²) in [6.07, 6.45) is 0. The maximum Gasteiger partial charge on any atom is 0.266 e. The first-order valence-corrected chi connectivity index (χ1v) is 10.1. The minimum Gasteiger partial charge on any atom is -0.268 e. The van der Waals surface area contributed by atoms with Crippen LogP contribution in [0.3, 0.4) is 0 Å². The van der Waals surface area contributed by atoms with Gasteiger partial charge in [-0.15, -0.1) is 0 Å². The summed E-state index contributed by atoms with van der Waals surface area (Å²) < 4.78 is 15.2. The van der Waals surface area contributed by atoms with Crippen molar-refractivity contribution < 1.29 is 4.39 Å². The summed E-state index contributed by atoms with van der Waals surface area (Å²) in [4.78, 5) is 17.8. The number of thioether (sulfide) groups is 1. The van der Waals surface area contributed by atoms with Gasteiger partial charge in [0.15, 0.2) is 5.16 Å². The van der Waals surface area contributed by atoms with Crippen LogP contribution in [0.15, 0.2) is 76.7 Å². The molecule has 3 aromatic carbocycles. The molecule has 4 aromatic rings. The van der Waals surface area contributed by atoms with E-state index in [0.717, 1.165) is 5.56 Å². The fraction of sp³-hybridized carbons (Fsp3) is 0.0476. The summed E-state index contributed by atoms with van der Waals surface area (Å²) in [7, 11) is 0. The standard InChI is InChI=1S/C21H13Cl2FN2OS/c22-17-9-8-13(10-18(17)23)12-28-21-25-19-7-2-1-6-16(19)20(27)26(21)15-5-3-4-14(24)11-15/h1-11H,12H2. The quantitative estimate of drug-likeness (QED) is 0.288. The van der Waals surface area contributed by atoms with Crippen molar-refractivity contribution in [3.8, 4) is 5.69 Å². The molecule has 7 heteroatoms. The highest BCUT2D eigenvalue weighted by atomic mass is 35.5. The minimum absolute atomic E-state index is 0.243. The lowest BCUT2D eigenvalue weighted by molar-refractivity contribution is 0.625. The molecule has 0 amide bonds. The molecule has 0 bridgehead atoms. The van der Waals surface area contributed by atoms with Gasteiger partial charge in [-0.05, 0) is 48.0 Å². The number of fused-ring (bicyclic) bond motifs is 1. The van der Waals surface area contributed by atoms with Crippen LogP contribution in [-0.4, -0.2) is 9.55 Å². The van der Waals surface area contributed by atoms with Gasteiger partial charge in [-0.3, -0.25) is 9.36 Å². The minimum atomic E-state index is -0.419. The highest BCUT2D eigenvalue weighted by molar-refractivity contribution is 7.98. The van der Waals surface area contributed by atoms with Gasteiger partial charge in [0.05, 0.1) is 26.6 Å². The largest absolute Gasteiger partial charge is 0.268 e. The Labute approximate surface area is 174 Å². The van der Waals surface area contributed by atoms with E-state index in [1.165, 1.54) is 28.5 Å². The fourth-order valence-corrected chi connectivity index (χ4v) is 4.11. The lowest BCUT2D eigenvalue weighted by Crippen LogP contribution is -2.21.